The maximum Gasteiger partial charge on any atom is 0.171 e. The minimum atomic E-state index is -0.313. The van der Waals surface area contributed by atoms with Crippen molar-refractivity contribution in [2.45, 2.75) is 13.8 Å². The first-order valence-corrected chi connectivity index (χ1v) is 5.38. The molecule has 4 nitrogen and oxygen atoms in total. The number of nitrogens with one attached hydrogen (secondary N) is 1. The fourth-order valence-corrected chi connectivity index (χ4v) is 1.50. The molecule has 0 amide bonds. The highest BCUT2D eigenvalue weighted by molar-refractivity contribution is 5.64. The first-order valence-electron chi connectivity index (χ1n) is 5.38. The molecule has 0 radical (unpaired) electrons. The first kappa shape index (κ1) is 12.0. The van der Waals surface area contributed by atoms with Crippen LogP contribution >= 0.6 is 0 Å². The third-order valence-corrected chi connectivity index (χ3v) is 2.67. The van der Waals surface area contributed by atoms with Gasteiger partial charge >= 0.3 is 0 Å². The number of halogens is 1. The molecule has 0 atom stereocenters. The van der Waals surface area contributed by atoms with E-state index in [-0.39, 0.29) is 5.82 Å². The molecule has 1 aromatic heterocycles. The van der Waals surface area contributed by atoms with Gasteiger partial charge in [-0.05, 0) is 43.7 Å². The van der Waals surface area contributed by atoms with Crippen molar-refractivity contribution in [1.82, 2.24) is 10.2 Å². The van der Waals surface area contributed by atoms with Gasteiger partial charge in [-0.15, -0.1) is 5.10 Å². The Balaban J connectivity index is 2.38. The Morgan fingerprint density at radius 3 is 2.44 bits per heavy atom. The summed E-state index contributed by atoms with van der Waals surface area (Å²) < 4.78 is 12.8. The Bertz CT molecular complexity index is 614. The van der Waals surface area contributed by atoms with Gasteiger partial charge in [0.2, 0.25) is 0 Å². The van der Waals surface area contributed by atoms with Crippen molar-refractivity contribution >= 4 is 11.5 Å². The predicted octanol–water partition coefficient (Wildman–Crippen LogP) is 2.85. The van der Waals surface area contributed by atoms with E-state index in [1.807, 2.05) is 6.92 Å². The number of hydrogen-bond acceptors (Lipinski definition) is 4. The molecular weight excluding hydrogens is 231 g/mol. The van der Waals surface area contributed by atoms with Crippen LogP contribution in [-0.4, -0.2) is 10.2 Å². The quantitative estimate of drug-likeness (QED) is 0.879. The van der Waals surface area contributed by atoms with E-state index in [1.165, 1.54) is 12.1 Å². The average molecular weight is 242 g/mol. The number of nitrogens with zero attached hydrogens (tertiary/aromatic N) is 3. The fraction of sp³-hybridized carbons (Fsp3) is 0.154. The Morgan fingerprint density at radius 1 is 1.17 bits per heavy atom. The van der Waals surface area contributed by atoms with E-state index in [0.29, 0.717) is 17.1 Å². The van der Waals surface area contributed by atoms with E-state index in [0.717, 1.165) is 11.3 Å². The van der Waals surface area contributed by atoms with Crippen LogP contribution in [0.2, 0.25) is 0 Å². The van der Waals surface area contributed by atoms with E-state index in [9.17, 15) is 4.39 Å². The fourth-order valence-electron chi connectivity index (χ4n) is 1.50. The molecule has 1 N–H and O–H groups in total. The molecule has 1 aromatic carbocycles. The molecule has 0 aliphatic heterocycles. The summed E-state index contributed by atoms with van der Waals surface area (Å²) in [5.74, 6) is 0.0689. The standard InChI is InChI=1S/C13H11FN4/c1-8-9(2)17-18-13(12(8)7-15)16-11-5-3-10(14)4-6-11/h3-6H,1-2H3,(H,16,18). The van der Waals surface area contributed by atoms with Crippen LogP contribution < -0.4 is 5.32 Å². The molecule has 18 heavy (non-hydrogen) atoms. The highest BCUT2D eigenvalue weighted by atomic mass is 19.1. The van der Waals surface area contributed by atoms with Gasteiger partial charge in [0, 0.05) is 5.69 Å². The summed E-state index contributed by atoms with van der Waals surface area (Å²) in [6, 6.07) is 7.92. The normalized spacial score (nSPS) is 9.89. The second kappa shape index (κ2) is 4.80. The zero-order valence-corrected chi connectivity index (χ0v) is 10.0. The maximum atomic E-state index is 12.8. The summed E-state index contributed by atoms with van der Waals surface area (Å²) in [6.45, 7) is 3.61. The van der Waals surface area contributed by atoms with Crippen molar-refractivity contribution in [3.63, 3.8) is 0 Å². The second-order valence-electron chi connectivity index (χ2n) is 3.88. The lowest BCUT2D eigenvalue weighted by atomic mass is 10.1. The summed E-state index contributed by atoms with van der Waals surface area (Å²) >= 11 is 0. The van der Waals surface area contributed by atoms with Gasteiger partial charge in [0.15, 0.2) is 5.82 Å². The lowest BCUT2D eigenvalue weighted by Crippen LogP contribution is -2.03. The molecule has 2 aromatic rings. The molecule has 5 heteroatoms. The molecule has 0 fully saturated rings. The van der Waals surface area contributed by atoms with Gasteiger partial charge in [0.05, 0.1) is 5.69 Å². The van der Waals surface area contributed by atoms with Crippen LogP contribution in [0.4, 0.5) is 15.9 Å². The van der Waals surface area contributed by atoms with Gasteiger partial charge in [-0.2, -0.15) is 10.4 Å². The number of hydrogen-bond donors (Lipinski definition) is 1. The molecule has 0 aliphatic carbocycles. The number of benzene rings is 1. The van der Waals surface area contributed by atoms with Crippen molar-refractivity contribution in [1.29, 1.82) is 5.26 Å². The van der Waals surface area contributed by atoms with Crippen LogP contribution in [0.5, 0.6) is 0 Å². The third kappa shape index (κ3) is 2.28. The molecule has 0 saturated carbocycles. The highest BCUT2D eigenvalue weighted by Crippen LogP contribution is 2.21. The van der Waals surface area contributed by atoms with E-state index in [1.54, 1.807) is 19.1 Å². The Morgan fingerprint density at radius 2 is 1.83 bits per heavy atom. The number of anilines is 2. The van der Waals surface area contributed by atoms with Crippen LogP contribution in [0.15, 0.2) is 24.3 Å². The minimum Gasteiger partial charge on any atom is -0.338 e. The van der Waals surface area contributed by atoms with Crippen molar-refractivity contribution in [3.05, 3.63) is 46.9 Å². The van der Waals surface area contributed by atoms with Crippen LogP contribution in [0.1, 0.15) is 16.8 Å². The molecular formula is C13H11FN4. The van der Waals surface area contributed by atoms with Crippen molar-refractivity contribution in [2.75, 3.05) is 5.32 Å². The SMILES string of the molecule is Cc1nnc(Nc2ccc(F)cc2)c(C#N)c1C. The van der Waals surface area contributed by atoms with Gasteiger partial charge < -0.3 is 5.32 Å². The monoisotopic (exact) mass is 242 g/mol. The van der Waals surface area contributed by atoms with E-state index >= 15 is 0 Å². The highest BCUT2D eigenvalue weighted by Gasteiger charge is 2.10. The second-order valence-corrected chi connectivity index (χ2v) is 3.88. The van der Waals surface area contributed by atoms with E-state index < -0.39 is 0 Å². The molecule has 0 unspecified atom stereocenters. The Hall–Kier alpha value is -2.48. The summed E-state index contributed by atoms with van der Waals surface area (Å²) in [7, 11) is 0. The van der Waals surface area contributed by atoms with Crippen molar-refractivity contribution in [2.24, 2.45) is 0 Å². The molecule has 0 bridgehead atoms. The number of nitriles is 1. The molecule has 0 aliphatic rings. The summed E-state index contributed by atoms with van der Waals surface area (Å²) in [4.78, 5) is 0. The van der Waals surface area contributed by atoms with Gasteiger partial charge in [0.1, 0.15) is 17.4 Å². The Kier molecular flexibility index (Phi) is 3.20. The van der Waals surface area contributed by atoms with Gasteiger partial charge in [-0.25, -0.2) is 4.39 Å². The molecule has 1 heterocycles. The summed E-state index contributed by atoms with van der Waals surface area (Å²) in [5, 5.41) is 20.0. The van der Waals surface area contributed by atoms with Crippen molar-refractivity contribution < 1.29 is 4.39 Å². The topological polar surface area (TPSA) is 61.6 Å². The van der Waals surface area contributed by atoms with Gasteiger partial charge in [0.25, 0.3) is 0 Å². The maximum absolute atomic E-state index is 12.8. The van der Waals surface area contributed by atoms with Gasteiger partial charge in [-0.1, -0.05) is 0 Å². The van der Waals surface area contributed by atoms with Crippen molar-refractivity contribution in [3.8, 4) is 6.07 Å². The first-order chi connectivity index (χ1) is 8.61. The Labute approximate surface area is 104 Å². The third-order valence-electron chi connectivity index (χ3n) is 2.67. The van der Waals surface area contributed by atoms with Crippen LogP contribution in [0.25, 0.3) is 0 Å². The number of aryl methyl sites for hydroxylation is 1. The summed E-state index contributed by atoms with van der Waals surface area (Å²) in [5.41, 5.74) is 2.62. The number of aromatic nitrogens is 2. The molecule has 90 valence electrons. The zero-order chi connectivity index (χ0) is 13.1. The average Bonchev–Trinajstić information content (AvgIpc) is 2.37. The lowest BCUT2D eigenvalue weighted by molar-refractivity contribution is 0.628. The molecule has 0 saturated heterocycles. The van der Waals surface area contributed by atoms with E-state index in [2.05, 4.69) is 21.6 Å². The minimum absolute atomic E-state index is 0.313. The predicted molar refractivity (Wildman–Crippen MR) is 65.9 cm³/mol. The molecule has 0 spiro atoms. The summed E-state index contributed by atoms with van der Waals surface area (Å²) in [6.07, 6.45) is 0. The van der Waals surface area contributed by atoms with Crippen LogP contribution in [0, 0.1) is 31.0 Å². The van der Waals surface area contributed by atoms with Crippen LogP contribution in [-0.2, 0) is 0 Å². The van der Waals surface area contributed by atoms with Gasteiger partial charge in [-0.3, -0.25) is 0 Å². The largest absolute Gasteiger partial charge is 0.338 e. The molecule has 2 rings (SSSR count). The lowest BCUT2D eigenvalue weighted by Gasteiger charge is -2.09. The zero-order valence-electron chi connectivity index (χ0n) is 10.0. The smallest absolute Gasteiger partial charge is 0.171 e. The van der Waals surface area contributed by atoms with Crippen LogP contribution in [0.3, 0.4) is 0 Å². The number of rotatable bonds is 2. The van der Waals surface area contributed by atoms with E-state index in [4.69, 9.17) is 5.26 Å².